The third-order valence-electron chi connectivity index (χ3n) is 3.19. The molecule has 0 radical (unpaired) electrons. The van der Waals surface area contributed by atoms with Gasteiger partial charge in [-0.3, -0.25) is 10.1 Å². The lowest BCUT2D eigenvalue weighted by Gasteiger charge is -2.12. The summed E-state index contributed by atoms with van der Waals surface area (Å²) in [5.74, 6) is 0.902. The highest BCUT2D eigenvalue weighted by molar-refractivity contribution is 6.49. The largest absolute Gasteiger partial charge is 0.355 e. The number of amides is 1. The second-order valence-electron chi connectivity index (χ2n) is 4.53. The molecular formula is C14H12Cl2N5O+. The van der Waals surface area contributed by atoms with E-state index < -0.39 is 0 Å². The van der Waals surface area contributed by atoms with Crippen molar-refractivity contribution in [1.82, 2.24) is 15.3 Å². The molecule has 1 aliphatic rings. The summed E-state index contributed by atoms with van der Waals surface area (Å²) in [4.78, 5) is 20.2. The molecule has 0 spiro atoms. The van der Waals surface area contributed by atoms with Crippen LogP contribution >= 0.6 is 23.2 Å². The quantitative estimate of drug-likeness (QED) is 0.748. The average Bonchev–Trinajstić information content (AvgIpc) is 2.88. The van der Waals surface area contributed by atoms with Crippen LogP contribution in [0.3, 0.4) is 0 Å². The van der Waals surface area contributed by atoms with E-state index in [0.29, 0.717) is 33.5 Å². The van der Waals surface area contributed by atoms with Crippen LogP contribution in [-0.4, -0.2) is 22.9 Å². The first-order chi connectivity index (χ1) is 10.6. The lowest BCUT2D eigenvalue weighted by Crippen LogP contribution is -2.70. The Morgan fingerprint density at radius 1 is 1.23 bits per heavy atom. The maximum Gasteiger partial charge on any atom is 0.253 e. The SMILES string of the molecule is CNC(=O)c1ccccc1Nc1nc(Cl)nc2c1C(Cl)=C[NH2+]2. The number of hydrogen-bond acceptors (Lipinski definition) is 4. The first kappa shape index (κ1) is 14.8. The van der Waals surface area contributed by atoms with Crippen LogP contribution < -0.4 is 16.0 Å². The Bertz CT molecular complexity index is 791. The fourth-order valence-electron chi connectivity index (χ4n) is 2.18. The van der Waals surface area contributed by atoms with Gasteiger partial charge in [0, 0.05) is 7.05 Å². The predicted octanol–water partition coefficient (Wildman–Crippen LogP) is 1.98. The number of aromatic nitrogens is 2. The van der Waals surface area contributed by atoms with Crippen LogP contribution in [0.25, 0.3) is 5.03 Å². The molecule has 22 heavy (non-hydrogen) atoms. The van der Waals surface area contributed by atoms with E-state index >= 15 is 0 Å². The van der Waals surface area contributed by atoms with Crippen molar-refractivity contribution in [2.75, 3.05) is 12.4 Å². The van der Waals surface area contributed by atoms with Gasteiger partial charge >= 0.3 is 0 Å². The molecule has 112 valence electrons. The summed E-state index contributed by atoms with van der Waals surface area (Å²) in [6.07, 6.45) is 1.73. The molecule has 1 aliphatic heterocycles. The summed E-state index contributed by atoms with van der Waals surface area (Å²) < 4.78 is 0. The van der Waals surface area contributed by atoms with Crippen LogP contribution in [0.4, 0.5) is 17.3 Å². The molecule has 2 heterocycles. The number of fused-ring (bicyclic) bond motifs is 1. The lowest BCUT2D eigenvalue weighted by atomic mass is 10.1. The van der Waals surface area contributed by atoms with Gasteiger partial charge in [0.1, 0.15) is 16.8 Å². The molecular weight excluding hydrogens is 325 g/mol. The average molecular weight is 337 g/mol. The Balaban J connectivity index is 2.05. The Kier molecular flexibility index (Phi) is 3.98. The summed E-state index contributed by atoms with van der Waals surface area (Å²) >= 11 is 12.1. The zero-order valence-corrected chi connectivity index (χ0v) is 13.0. The molecule has 4 N–H and O–H groups in total. The van der Waals surface area contributed by atoms with Gasteiger partial charge in [0.05, 0.1) is 11.3 Å². The van der Waals surface area contributed by atoms with Crippen molar-refractivity contribution in [3.05, 3.63) is 46.9 Å². The number of halogens is 2. The number of hydrogen-bond donors (Lipinski definition) is 3. The normalized spacial score (nSPS) is 12.6. The molecule has 0 bridgehead atoms. The molecule has 0 saturated heterocycles. The molecule has 0 fully saturated rings. The van der Waals surface area contributed by atoms with Crippen LogP contribution in [0.2, 0.25) is 5.28 Å². The van der Waals surface area contributed by atoms with E-state index in [1.54, 1.807) is 36.8 Å². The van der Waals surface area contributed by atoms with Gasteiger partial charge in [-0.05, 0) is 23.7 Å². The molecule has 0 unspecified atom stereocenters. The minimum Gasteiger partial charge on any atom is -0.355 e. The Morgan fingerprint density at radius 2 is 2.00 bits per heavy atom. The first-order valence-electron chi connectivity index (χ1n) is 6.46. The van der Waals surface area contributed by atoms with Crippen LogP contribution in [-0.2, 0) is 0 Å². The number of anilines is 2. The van der Waals surface area contributed by atoms with Gasteiger partial charge in [0.15, 0.2) is 5.82 Å². The maximum atomic E-state index is 11.9. The van der Waals surface area contributed by atoms with Crippen molar-refractivity contribution < 1.29 is 10.1 Å². The minimum atomic E-state index is -0.201. The zero-order chi connectivity index (χ0) is 15.7. The van der Waals surface area contributed by atoms with E-state index in [1.807, 2.05) is 6.07 Å². The van der Waals surface area contributed by atoms with Gasteiger partial charge in [0.2, 0.25) is 11.1 Å². The van der Waals surface area contributed by atoms with E-state index in [0.717, 1.165) is 0 Å². The van der Waals surface area contributed by atoms with Gasteiger partial charge in [-0.1, -0.05) is 23.7 Å². The lowest BCUT2D eigenvalue weighted by molar-refractivity contribution is -0.495. The predicted molar refractivity (Wildman–Crippen MR) is 85.6 cm³/mol. The third kappa shape index (κ3) is 2.64. The molecule has 0 aliphatic carbocycles. The second kappa shape index (κ2) is 5.92. The van der Waals surface area contributed by atoms with Crippen molar-refractivity contribution in [2.45, 2.75) is 0 Å². The van der Waals surface area contributed by atoms with Crippen LogP contribution in [0.1, 0.15) is 15.9 Å². The number of benzene rings is 1. The van der Waals surface area contributed by atoms with E-state index in [-0.39, 0.29) is 11.2 Å². The fourth-order valence-corrected chi connectivity index (χ4v) is 2.61. The molecule has 0 saturated carbocycles. The van der Waals surface area contributed by atoms with Crippen molar-refractivity contribution in [3.8, 4) is 0 Å². The van der Waals surface area contributed by atoms with Crippen LogP contribution in [0.15, 0.2) is 30.5 Å². The summed E-state index contributed by atoms with van der Waals surface area (Å²) in [6, 6.07) is 7.10. The van der Waals surface area contributed by atoms with Crippen molar-refractivity contribution in [2.24, 2.45) is 0 Å². The highest BCUT2D eigenvalue weighted by Crippen LogP contribution is 2.34. The summed E-state index contributed by atoms with van der Waals surface area (Å²) in [6.45, 7) is 0. The van der Waals surface area contributed by atoms with Crippen molar-refractivity contribution >= 4 is 51.5 Å². The number of nitrogens with one attached hydrogen (secondary N) is 2. The molecule has 0 atom stereocenters. The Morgan fingerprint density at radius 3 is 2.77 bits per heavy atom. The van der Waals surface area contributed by atoms with E-state index in [2.05, 4.69) is 20.6 Å². The molecule has 6 nitrogen and oxygen atoms in total. The van der Waals surface area contributed by atoms with E-state index in [1.165, 1.54) is 0 Å². The van der Waals surface area contributed by atoms with Gasteiger partial charge < -0.3 is 10.6 Å². The monoisotopic (exact) mass is 336 g/mol. The number of quaternary nitrogens is 1. The molecule has 1 aromatic heterocycles. The standard InChI is InChI=1S/C14H11Cl2N5O/c1-17-13(22)7-4-2-3-5-9(7)19-12-10-8(15)6-18-11(10)20-14(16)21-12/h2-6H,1H3,(H,17,22)(H2,18,19,20,21)/p+1. The minimum absolute atomic E-state index is 0.106. The van der Waals surface area contributed by atoms with Crippen LogP contribution in [0, 0.1) is 0 Å². The highest BCUT2D eigenvalue weighted by Gasteiger charge is 2.26. The summed E-state index contributed by atoms with van der Waals surface area (Å²) in [7, 11) is 1.58. The fraction of sp³-hybridized carbons (Fsp3) is 0.0714. The summed E-state index contributed by atoms with van der Waals surface area (Å²) in [5.41, 5.74) is 1.77. The Hall–Kier alpha value is -2.15. The number of nitrogens with two attached hydrogens (primary N) is 1. The first-order valence-corrected chi connectivity index (χ1v) is 7.22. The van der Waals surface area contributed by atoms with Gasteiger partial charge in [-0.2, -0.15) is 9.97 Å². The van der Waals surface area contributed by atoms with Gasteiger partial charge in [0.25, 0.3) is 5.91 Å². The molecule has 1 amide bonds. The number of carbonyl (C=O) groups is 1. The number of nitrogens with zero attached hydrogens (tertiary/aromatic N) is 2. The summed E-state index contributed by atoms with van der Waals surface area (Å²) in [5, 5.41) is 8.11. The smallest absolute Gasteiger partial charge is 0.253 e. The highest BCUT2D eigenvalue weighted by atomic mass is 35.5. The number of rotatable bonds is 3. The van der Waals surface area contributed by atoms with Crippen molar-refractivity contribution in [1.29, 1.82) is 0 Å². The molecule has 3 rings (SSSR count). The maximum absolute atomic E-state index is 11.9. The molecule has 2 aromatic rings. The van der Waals surface area contributed by atoms with Gasteiger partial charge in [-0.15, -0.1) is 0 Å². The van der Waals surface area contributed by atoms with Gasteiger partial charge in [-0.25, -0.2) is 0 Å². The second-order valence-corrected chi connectivity index (χ2v) is 5.28. The van der Waals surface area contributed by atoms with E-state index in [4.69, 9.17) is 23.2 Å². The third-order valence-corrected chi connectivity index (χ3v) is 3.67. The molecule has 1 aromatic carbocycles. The number of carbonyl (C=O) groups excluding carboxylic acids is 1. The number of para-hydroxylation sites is 1. The van der Waals surface area contributed by atoms with Crippen LogP contribution in [0.5, 0.6) is 0 Å². The zero-order valence-electron chi connectivity index (χ0n) is 11.5. The topological polar surface area (TPSA) is 83.5 Å². The Labute approximate surface area is 136 Å². The van der Waals surface area contributed by atoms with E-state index in [9.17, 15) is 4.79 Å². The van der Waals surface area contributed by atoms with Crippen molar-refractivity contribution in [3.63, 3.8) is 0 Å². The molecule has 8 heteroatoms.